The zero-order chi connectivity index (χ0) is 11.9. The van der Waals surface area contributed by atoms with Crippen LogP contribution in [0.25, 0.3) is 0 Å². The van der Waals surface area contributed by atoms with E-state index in [-0.39, 0.29) is 0 Å². The molecule has 0 aromatic heterocycles. The number of anilines is 1. The first-order valence-corrected chi connectivity index (χ1v) is 6.94. The van der Waals surface area contributed by atoms with E-state index < -0.39 is 0 Å². The third-order valence-electron chi connectivity index (χ3n) is 3.28. The minimum atomic E-state index is 0.796. The molecule has 0 saturated carbocycles. The molecule has 0 unspecified atom stereocenters. The van der Waals surface area contributed by atoms with Crippen LogP contribution in [0.4, 0.5) is 5.69 Å². The third kappa shape index (κ3) is 4.57. The van der Waals surface area contributed by atoms with E-state index in [4.69, 9.17) is 11.6 Å². The molecular weight excluding hydrogens is 232 g/mol. The highest BCUT2D eigenvalue weighted by Crippen LogP contribution is 2.14. The molecule has 1 aliphatic rings. The fraction of sp³-hybridized carbons (Fsp3) is 0.571. The second-order valence-corrected chi connectivity index (χ2v) is 5.13. The van der Waals surface area contributed by atoms with Crippen molar-refractivity contribution in [2.24, 2.45) is 0 Å². The van der Waals surface area contributed by atoms with Crippen LogP contribution in [0.15, 0.2) is 24.3 Å². The largest absolute Gasteiger partial charge is 0.384 e. The molecule has 0 spiro atoms. The number of nitrogens with zero attached hydrogens (tertiary/aromatic N) is 1. The number of benzene rings is 1. The van der Waals surface area contributed by atoms with E-state index in [0.717, 1.165) is 23.8 Å². The van der Waals surface area contributed by atoms with Crippen LogP contribution in [0.2, 0.25) is 5.02 Å². The van der Waals surface area contributed by atoms with Gasteiger partial charge in [-0.2, -0.15) is 0 Å². The molecule has 1 aliphatic heterocycles. The first-order chi connectivity index (χ1) is 8.34. The molecule has 1 aromatic carbocycles. The Morgan fingerprint density at radius 3 is 2.59 bits per heavy atom. The molecule has 1 fully saturated rings. The highest BCUT2D eigenvalue weighted by atomic mass is 35.5. The number of hydrogen-bond donors (Lipinski definition) is 1. The molecule has 1 N–H and O–H groups in total. The molecule has 3 heteroatoms. The number of rotatable bonds is 4. The van der Waals surface area contributed by atoms with Gasteiger partial charge < -0.3 is 10.2 Å². The van der Waals surface area contributed by atoms with Crippen LogP contribution >= 0.6 is 11.6 Å². The summed E-state index contributed by atoms with van der Waals surface area (Å²) in [6.45, 7) is 4.65. The predicted octanol–water partition coefficient (Wildman–Crippen LogP) is 3.63. The van der Waals surface area contributed by atoms with E-state index in [1.807, 2.05) is 18.2 Å². The summed E-state index contributed by atoms with van der Waals surface area (Å²) in [5.41, 5.74) is 1.12. The number of halogens is 1. The van der Waals surface area contributed by atoms with Crippen molar-refractivity contribution in [2.45, 2.75) is 25.7 Å². The molecule has 94 valence electrons. The molecule has 17 heavy (non-hydrogen) atoms. The quantitative estimate of drug-likeness (QED) is 0.881. The van der Waals surface area contributed by atoms with Gasteiger partial charge >= 0.3 is 0 Å². The molecule has 0 radical (unpaired) electrons. The van der Waals surface area contributed by atoms with Gasteiger partial charge in [0.2, 0.25) is 0 Å². The van der Waals surface area contributed by atoms with Crippen LogP contribution in [0.1, 0.15) is 25.7 Å². The van der Waals surface area contributed by atoms with Crippen molar-refractivity contribution in [3.05, 3.63) is 29.3 Å². The van der Waals surface area contributed by atoms with E-state index in [0.29, 0.717) is 0 Å². The summed E-state index contributed by atoms with van der Waals surface area (Å²) in [6.07, 6.45) is 5.52. The van der Waals surface area contributed by atoms with E-state index in [9.17, 15) is 0 Å². The average Bonchev–Trinajstić information content (AvgIpc) is 2.58. The maximum Gasteiger partial charge on any atom is 0.0426 e. The van der Waals surface area contributed by atoms with Crippen molar-refractivity contribution in [2.75, 3.05) is 31.5 Å². The van der Waals surface area contributed by atoms with Crippen LogP contribution in [0.5, 0.6) is 0 Å². The van der Waals surface area contributed by atoms with Crippen molar-refractivity contribution >= 4 is 17.3 Å². The fourth-order valence-electron chi connectivity index (χ4n) is 2.32. The lowest BCUT2D eigenvalue weighted by Crippen LogP contribution is -2.29. The van der Waals surface area contributed by atoms with Crippen LogP contribution < -0.4 is 5.32 Å². The van der Waals surface area contributed by atoms with Crippen LogP contribution in [0, 0.1) is 0 Å². The SMILES string of the molecule is Clc1cccc(NCCN2CCCCCC2)c1. The molecule has 0 bridgehead atoms. The lowest BCUT2D eigenvalue weighted by Gasteiger charge is -2.20. The lowest BCUT2D eigenvalue weighted by atomic mass is 10.2. The Labute approximate surface area is 109 Å². The minimum absolute atomic E-state index is 0.796. The summed E-state index contributed by atoms with van der Waals surface area (Å²) < 4.78 is 0. The van der Waals surface area contributed by atoms with Crippen LogP contribution in [0.3, 0.4) is 0 Å². The number of likely N-dealkylation sites (tertiary alicyclic amines) is 1. The summed E-state index contributed by atoms with van der Waals surface area (Å²) in [4.78, 5) is 2.56. The second-order valence-electron chi connectivity index (χ2n) is 4.69. The lowest BCUT2D eigenvalue weighted by molar-refractivity contribution is 0.296. The van der Waals surface area contributed by atoms with Gasteiger partial charge in [0, 0.05) is 23.8 Å². The standard InChI is InChI=1S/C14H21ClN2/c15-13-6-5-7-14(12-13)16-8-11-17-9-3-1-2-4-10-17/h5-7,12,16H,1-4,8-11H2. The van der Waals surface area contributed by atoms with Crippen molar-refractivity contribution < 1.29 is 0 Å². The number of nitrogens with one attached hydrogen (secondary N) is 1. The topological polar surface area (TPSA) is 15.3 Å². The van der Waals surface area contributed by atoms with Crippen LogP contribution in [-0.2, 0) is 0 Å². The molecule has 2 nitrogen and oxygen atoms in total. The van der Waals surface area contributed by atoms with Gasteiger partial charge in [0.25, 0.3) is 0 Å². The van der Waals surface area contributed by atoms with Gasteiger partial charge in [-0.15, -0.1) is 0 Å². The molecule has 1 saturated heterocycles. The Kier molecular flexibility index (Phi) is 5.14. The summed E-state index contributed by atoms with van der Waals surface area (Å²) in [7, 11) is 0. The second kappa shape index (κ2) is 6.87. The first kappa shape index (κ1) is 12.7. The van der Waals surface area contributed by atoms with E-state index >= 15 is 0 Å². The van der Waals surface area contributed by atoms with Crippen molar-refractivity contribution in [3.8, 4) is 0 Å². The predicted molar refractivity (Wildman–Crippen MR) is 74.8 cm³/mol. The molecule has 0 aliphatic carbocycles. The summed E-state index contributed by atoms with van der Waals surface area (Å²) in [5, 5.41) is 4.22. The van der Waals surface area contributed by atoms with E-state index in [1.165, 1.54) is 38.8 Å². The summed E-state index contributed by atoms with van der Waals surface area (Å²) >= 11 is 5.94. The molecule has 1 heterocycles. The minimum Gasteiger partial charge on any atom is -0.384 e. The van der Waals surface area contributed by atoms with Gasteiger partial charge in [0.1, 0.15) is 0 Å². The fourth-order valence-corrected chi connectivity index (χ4v) is 2.51. The molecule has 2 rings (SSSR count). The van der Waals surface area contributed by atoms with Crippen molar-refractivity contribution in [3.63, 3.8) is 0 Å². The highest BCUT2D eigenvalue weighted by Gasteiger charge is 2.07. The van der Waals surface area contributed by atoms with Crippen molar-refractivity contribution in [1.29, 1.82) is 0 Å². The summed E-state index contributed by atoms with van der Waals surface area (Å²) in [5.74, 6) is 0. The van der Waals surface area contributed by atoms with Gasteiger partial charge in [0.15, 0.2) is 0 Å². The van der Waals surface area contributed by atoms with Gasteiger partial charge in [-0.05, 0) is 44.1 Å². The van der Waals surface area contributed by atoms with Gasteiger partial charge in [-0.1, -0.05) is 30.5 Å². The number of hydrogen-bond acceptors (Lipinski definition) is 2. The van der Waals surface area contributed by atoms with Crippen molar-refractivity contribution in [1.82, 2.24) is 4.90 Å². The maximum atomic E-state index is 5.94. The zero-order valence-corrected chi connectivity index (χ0v) is 11.0. The molecular formula is C14H21ClN2. The maximum absolute atomic E-state index is 5.94. The Balaban J connectivity index is 1.71. The molecule has 0 amide bonds. The monoisotopic (exact) mass is 252 g/mol. The van der Waals surface area contributed by atoms with Gasteiger partial charge in [-0.3, -0.25) is 0 Å². The van der Waals surface area contributed by atoms with E-state index in [2.05, 4.69) is 16.3 Å². The Morgan fingerprint density at radius 1 is 1.12 bits per heavy atom. The molecule has 0 atom stereocenters. The normalized spacial score (nSPS) is 17.7. The third-order valence-corrected chi connectivity index (χ3v) is 3.52. The first-order valence-electron chi connectivity index (χ1n) is 6.56. The van der Waals surface area contributed by atoms with Gasteiger partial charge in [0.05, 0.1) is 0 Å². The Morgan fingerprint density at radius 2 is 1.88 bits per heavy atom. The van der Waals surface area contributed by atoms with Gasteiger partial charge in [-0.25, -0.2) is 0 Å². The van der Waals surface area contributed by atoms with E-state index in [1.54, 1.807) is 0 Å². The zero-order valence-electron chi connectivity index (χ0n) is 10.3. The Bertz CT molecular complexity index is 333. The molecule has 1 aromatic rings. The Hall–Kier alpha value is -0.730. The summed E-state index contributed by atoms with van der Waals surface area (Å²) in [6, 6.07) is 7.93. The van der Waals surface area contributed by atoms with Crippen LogP contribution in [-0.4, -0.2) is 31.1 Å². The highest BCUT2D eigenvalue weighted by molar-refractivity contribution is 6.30. The average molecular weight is 253 g/mol. The smallest absolute Gasteiger partial charge is 0.0426 e.